The van der Waals surface area contributed by atoms with Crippen LogP contribution in [0.5, 0.6) is 5.75 Å². The number of amides is 1. The fraction of sp³-hybridized carbons (Fsp3) is 0.462. The average molecular weight is 489 g/mol. The number of ether oxygens (including phenoxy) is 1. The smallest absolute Gasteiger partial charge is 0.310 e. The molecule has 1 aliphatic carbocycles. The van der Waals surface area contributed by atoms with E-state index in [9.17, 15) is 9.59 Å². The molecule has 33 heavy (non-hydrogen) atoms. The van der Waals surface area contributed by atoms with Crippen molar-refractivity contribution in [1.82, 2.24) is 9.80 Å². The summed E-state index contributed by atoms with van der Waals surface area (Å²) in [5.74, 6) is 0.395. The summed E-state index contributed by atoms with van der Waals surface area (Å²) < 4.78 is 5.65. The molecular formula is C26H30Cl2N2O3. The van der Waals surface area contributed by atoms with Gasteiger partial charge in [0.05, 0.1) is 22.5 Å². The zero-order valence-corrected chi connectivity index (χ0v) is 20.7. The number of nitrogens with zero attached hydrogens (tertiary/aromatic N) is 2. The summed E-state index contributed by atoms with van der Waals surface area (Å²) in [6.45, 7) is 3.89. The third-order valence-corrected chi connectivity index (χ3v) is 7.55. The molecule has 0 saturated carbocycles. The molecule has 5 nitrogen and oxygen atoms in total. The van der Waals surface area contributed by atoms with Crippen LogP contribution in [0.1, 0.15) is 55.3 Å². The lowest BCUT2D eigenvalue weighted by atomic mass is 9.81. The number of halogens is 2. The highest BCUT2D eigenvalue weighted by atomic mass is 35.5. The molecule has 0 unspecified atom stereocenters. The Morgan fingerprint density at radius 3 is 2.58 bits per heavy atom. The van der Waals surface area contributed by atoms with Crippen LogP contribution in [0.25, 0.3) is 0 Å². The highest BCUT2D eigenvalue weighted by Crippen LogP contribution is 2.41. The predicted octanol–water partition coefficient (Wildman–Crippen LogP) is 5.46. The lowest BCUT2D eigenvalue weighted by Gasteiger charge is -2.44. The lowest BCUT2D eigenvalue weighted by molar-refractivity contribution is -0.135. The van der Waals surface area contributed by atoms with Gasteiger partial charge in [-0.3, -0.25) is 14.5 Å². The molecule has 1 heterocycles. The molecule has 0 N–H and O–H groups in total. The molecule has 1 fully saturated rings. The number of carbonyl (C=O) groups is 2. The van der Waals surface area contributed by atoms with Crippen LogP contribution >= 0.6 is 23.2 Å². The van der Waals surface area contributed by atoms with Crippen molar-refractivity contribution in [3.63, 3.8) is 0 Å². The number of hydrogen-bond donors (Lipinski definition) is 0. The van der Waals surface area contributed by atoms with Gasteiger partial charge >= 0.3 is 5.97 Å². The molecule has 1 aliphatic heterocycles. The van der Waals surface area contributed by atoms with Crippen molar-refractivity contribution in [2.45, 2.75) is 57.5 Å². The van der Waals surface area contributed by atoms with Gasteiger partial charge in [-0.05, 0) is 68.1 Å². The molecule has 2 aromatic rings. The largest absolute Gasteiger partial charge is 0.426 e. The van der Waals surface area contributed by atoms with E-state index in [-0.39, 0.29) is 30.4 Å². The molecule has 2 aliphatic rings. The van der Waals surface area contributed by atoms with Gasteiger partial charge in [0.25, 0.3) is 0 Å². The molecule has 0 spiro atoms. The summed E-state index contributed by atoms with van der Waals surface area (Å²) in [6.07, 6.45) is 4.69. The summed E-state index contributed by atoms with van der Waals surface area (Å²) in [5, 5.41) is 0.927. The summed E-state index contributed by atoms with van der Waals surface area (Å²) >= 11 is 12.2. The predicted molar refractivity (Wildman–Crippen MR) is 131 cm³/mol. The topological polar surface area (TPSA) is 49.9 Å². The molecule has 4 rings (SSSR count). The van der Waals surface area contributed by atoms with Gasteiger partial charge in [0.15, 0.2) is 0 Å². The molecule has 1 amide bonds. The van der Waals surface area contributed by atoms with Crippen molar-refractivity contribution in [2.24, 2.45) is 0 Å². The number of benzene rings is 2. The zero-order valence-electron chi connectivity index (χ0n) is 19.2. The standard InChI is InChI=1S/C26H30Cl2N2O3/c1-3-25(32)33-23-8-6-7-19-18(23)10-12-22(30-13-4-5-14-30)26(19)29(2)24(31)16-17-9-11-20(27)21(28)15-17/h6-9,11,15,22,26H,3-5,10,12-14,16H2,1-2H3/t22-,26-/m0/s1. The lowest BCUT2D eigenvalue weighted by Crippen LogP contribution is -2.48. The van der Waals surface area contributed by atoms with Crippen molar-refractivity contribution in [2.75, 3.05) is 20.1 Å². The van der Waals surface area contributed by atoms with E-state index in [4.69, 9.17) is 27.9 Å². The Morgan fingerprint density at radius 1 is 1.12 bits per heavy atom. The number of likely N-dealkylation sites (tertiary alicyclic amines) is 1. The van der Waals surface area contributed by atoms with E-state index in [0.717, 1.165) is 42.6 Å². The van der Waals surface area contributed by atoms with Crippen LogP contribution in [0.3, 0.4) is 0 Å². The third kappa shape index (κ3) is 5.21. The van der Waals surface area contributed by atoms with E-state index in [1.807, 2.05) is 30.1 Å². The second-order valence-electron chi connectivity index (χ2n) is 8.88. The first kappa shape index (κ1) is 24.1. The van der Waals surface area contributed by atoms with Gasteiger partial charge in [-0.1, -0.05) is 48.3 Å². The molecule has 1 saturated heterocycles. The van der Waals surface area contributed by atoms with E-state index >= 15 is 0 Å². The van der Waals surface area contributed by atoms with Gasteiger partial charge < -0.3 is 9.64 Å². The maximum atomic E-state index is 13.4. The van der Waals surface area contributed by atoms with E-state index in [2.05, 4.69) is 11.0 Å². The van der Waals surface area contributed by atoms with Crippen molar-refractivity contribution in [1.29, 1.82) is 0 Å². The Morgan fingerprint density at radius 2 is 1.88 bits per heavy atom. The van der Waals surface area contributed by atoms with Crippen molar-refractivity contribution in [3.8, 4) is 5.75 Å². The normalized spacial score (nSPS) is 20.4. The molecule has 2 atom stereocenters. The number of rotatable bonds is 6. The second kappa shape index (κ2) is 10.5. The molecular weight excluding hydrogens is 459 g/mol. The molecule has 0 radical (unpaired) electrons. The van der Waals surface area contributed by atoms with Crippen LogP contribution in [0, 0.1) is 0 Å². The van der Waals surface area contributed by atoms with Crippen LogP contribution in [-0.4, -0.2) is 47.9 Å². The molecule has 7 heteroatoms. The monoisotopic (exact) mass is 488 g/mol. The first-order chi connectivity index (χ1) is 15.9. The number of fused-ring (bicyclic) bond motifs is 1. The number of esters is 1. The summed E-state index contributed by atoms with van der Waals surface area (Å²) in [4.78, 5) is 29.8. The summed E-state index contributed by atoms with van der Waals surface area (Å²) in [6, 6.07) is 11.3. The first-order valence-electron chi connectivity index (χ1n) is 11.6. The average Bonchev–Trinajstić information content (AvgIpc) is 3.35. The van der Waals surface area contributed by atoms with E-state index < -0.39 is 0 Å². The maximum absolute atomic E-state index is 13.4. The maximum Gasteiger partial charge on any atom is 0.310 e. The Hall–Kier alpha value is -2.08. The number of hydrogen-bond acceptors (Lipinski definition) is 4. The van der Waals surface area contributed by atoms with E-state index in [1.165, 1.54) is 12.8 Å². The molecule has 0 bridgehead atoms. The van der Waals surface area contributed by atoms with Gasteiger partial charge in [0.2, 0.25) is 5.91 Å². The fourth-order valence-corrected chi connectivity index (χ4v) is 5.42. The van der Waals surface area contributed by atoms with Crippen molar-refractivity contribution < 1.29 is 14.3 Å². The van der Waals surface area contributed by atoms with Crippen LogP contribution in [0.2, 0.25) is 10.0 Å². The van der Waals surface area contributed by atoms with Crippen LogP contribution in [-0.2, 0) is 22.4 Å². The SMILES string of the molecule is CCC(=O)Oc1cccc2c1CC[C@H](N1CCCC1)[C@H]2N(C)C(=O)Cc1ccc(Cl)c(Cl)c1. The minimum atomic E-state index is -0.245. The van der Waals surface area contributed by atoms with E-state index in [0.29, 0.717) is 22.2 Å². The Bertz CT molecular complexity index is 1040. The van der Waals surface area contributed by atoms with Crippen LogP contribution in [0.15, 0.2) is 36.4 Å². The van der Waals surface area contributed by atoms with Crippen LogP contribution < -0.4 is 4.74 Å². The Kier molecular flexibility index (Phi) is 7.62. The highest BCUT2D eigenvalue weighted by Gasteiger charge is 2.39. The van der Waals surface area contributed by atoms with Gasteiger partial charge in [-0.15, -0.1) is 0 Å². The minimum Gasteiger partial charge on any atom is -0.426 e. The number of carbonyl (C=O) groups excluding carboxylic acids is 2. The van der Waals surface area contributed by atoms with Gasteiger partial charge in [0.1, 0.15) is 5.75 Å². The second-order valence-corrected chi connectivity index (χ2v) is 9.69. The summed E-state index contributed by atoms with van der Waals surface area (Å²) in [5.41, 5.74) is 2.94. The van der Waals surface area contributed by atoms with Crippen LogP contribution in [0.4, 0.5) is 0 Å². The molecule has 0 aromatic heterocycles. The van der Waals surface area contributed by atoms with Gasteiger partial charge in [-0.2, -0.15) is 0 Å². The van der Waals surface area contributed by atoms with Gasteiger partial charge in [-0.25, -0.2) is 0 Å². The summed E-state index contributed by atoms with van der Waals surface area (Å²) in [7, 11) is 1.88. The zero-order chi connectivity index (χ0) is 23.5. The minimum absolute atomic E-state index is 0.0198. The highest BCUT2D eigenvalue weighted by molar-refractivity contribution is 6.42. The van der Waals surface area contributed by atoms with Gasteiger partial charge in [0, 0.05) is 25.1 Å². The van der Waals surface area contributed by atoms with E-state index in [1.54, 1.807) is 19.1 Å². The third-order valence-electron chi connectivity index (χ3n) is 6.81. The Labute approximate surface area is 205 Å². The van der Waals surface area contributed by atoms with Crippen molar-refractivity contribution >= 4 is 35.1 Å². The molecule has 176 valence electrons. The fourth-order valence-electron chi connectivity index (χ4n) is 5.10. The Balaban J connectivity index is 1.66. The quantitative estimate of drug-likeness (QED) is 0.399. The number of likely N-dealkylation sites (N-methyl/N-ethyl adjacent to an activating group) is 1. The van der Waals surface area contributed by atoms with Crippen molar-refractivity contribution in [3.05, 3.63) is 63.1 Å². The first-order valence-corrected chi connectivity index (χ1v) is 12.4. The molecule has 2 aromatic carbocycles.